The van der Waals surface area contributed by atoms with Gasteiger partial charge >= 0.3 is 0 Å². The lowest BCUT2D eigenvalue weighted by Crippen LogP contribution is -2.29. The van der Waals surface area contributed by atoms with Gasteiger partial charge in [0.1, 0.15) is 5.75 Å². The Morgan fingerprint density at radius 3 is 2.83 bits per heavy atom. The van der Waals surface area contributed by atoms with Gasteiger partial charge in [-0.2, -0.15) is 0 Å². The number of anilines is 1. The largest absolute Gasteiger partial charge is 0.497 e. The Kier molecular flexibility index (Phi) is 4.84. The first kappa shape index (κ1) is 13.2. The van der Waals surface area contributed by atoms with E-state index < -0.39 is 0 Å². The normalized spacial score (nSPS) is 16.6. The first-order valence-electron chi connectivity index (χ1n) is 6.38. The molecule has 0 aliphatic carbocycles. The maximum atomic E-state index is 5.54. The molecule has 4 heteroatoms. The summed E-state index contributed by atoms with van der Waals surface area (Å²) >= 11 is 0. The monoisotopic (exact) mass is 251 g/mol. The van der Waals surface area contributed by atoms with Gasteiger partial charge in [-0.25, -0.2) is 0 Å². The van der Waals surface area contributed by atoms with Crippen LogP contribution in [0.2, 0.25) is 0 Å². The summed E-state index contributed by atoms with van der Waals surface area (Å²) in [4.78, 5) is 2.18. The number of hydrogen-bond acceptors (Lipinski definition) is 4. The minimum Gasteiger partial charge on any atom is -0.497 e. The molecule has 1 saturated heterocycles. The topological polar surface area (TPSA) is 30.9 Å². The summed E-state index contributed by atoms with van der Waals surface area (Å²) < 4.78 is 16.3. The Morgan fingerprint density at radius 1 is 1.33 bits per heavy atom. The number of ether oxygens (including phenoxy) is 3. The van der Waals surface area contributed by atoms with Crippen LogP contribution in [0, 0.1) is 0 Å². The molecule has 2 rings (SSSR count). The number of benzene rings is 1. The van der Waals surface area contributed by atoms with Crippen molar-refractivity contribution >= 4 is 5.69 Å². The number of methoxy groups -OCH3 is 1. The SMILES string of the molecule is COc1cccc(N(C)CCC2OCCCO2)c1. The van der Waals surface area contributed by atoms with Crippen LogP contribution in [-0.4, -0.2) is 40.2 Å². The zero-order valence-electron chi connectivity index (χ0n) is 11.1. The van der Waals surface area contributed by atoms with Gasteiger partial charge in [0.2, 0.25) is 0 Å². The summed E-state index contributed by atoms with van der Waals surface area (Å²) in [6, 6.07) is 8.05. The number of hydrogen-bond donors (Lipinski definition) is 0. The maximum Gasteiger partial charge on any atom is 0.159 e. The molecule has 0 saturated carbocycles. The maximum absolute atomic E-state index is 5.54. The van der Waals surface area contributed by atoms with Gasteiger partial charge in [0.15, 0.2) is 6.29 Å². The molecule has 0 amide bonds. The summed E-state index contributed by atoms with van der Waals surface area (Å²) in [7, 11) is 3.75. The van der Waals surface area contributed by atoms with Crippen molar-refractivity contribution in [2.45, 2.75) is 19.1 Å². The van der Waals surface area contributed by atoms with Crippen molar-refractivity contribution < 1.29 is 14.2 Å². The second-order valence-electron chi connectivity index (χ2n) is 4.44. The fourth-order valence-electron chi connectivity index (χ4n) is 1.98. The van der Waals surface area contributed by atoms with E-state index in [-0.39, 0.29) is 6.29 Å². The second kappa shape index (κ2) is 6.61. The molecule has 100 valence electrons. The average Bonchev–Trinajstić information content (AvgIpc) is 2.46. The standard InChI is InChI=1S/C14H21NO3/c1-15(8-7-14-17-9-4-10-18-14)12-5-3-6-13(11-12)16-2/h3,5-6,11,14H,4,7-10H2,1-2H3. The third kappa shape index (κ3) is 3.62. The molecule has 1 aliphatic rings. The van der Waals surface area contributed by atoms with Gasteiger partial charge in [-0.1, -0.05) is 6.07 Å². The molecule has 0 N–H and O–H groups in total. The third-order valence-corrected chi connectivity index (χ3v) is 3.09. The van der Waals surface area contributed by atoms with Crippen molar-refractivity contribution in [1.82, 2.24) is 0 Å². The highest BCUT2D eigenvalue weighted by Crippen LogP contribution is 2.20. The van der Waals surface area contributed by atoms with Crippen LogP contribution in [0.4, 0.5) is 5.69 Å². The summed E-state index contributed by atoms with van der Waals surface area (Å²) in [6.07, 6.45) is 1.84. The summed E-state index contributed by atoms with van der Waals surface area (Å²) in [5.74, 6) is 0.879. The van der Waals surface area contributed by atoms with Crippen LogP contribution < -0.4 is 9.64 Å². The van der Waals surface area contributed by atoms with E-state index in [1.807, 2.05) is 18.2 Å². The van der Waals surface area contributed by atoms with Crippen molar-refractivity contribution in [3.05, 3.63) is 24.3 Å². The molecule has 1 aromatic carbocycles. The van der Waals surface area contributed by atoms with Gasteiger partial charge in [-0.15, -0.1) is 0 Å². The van der Waals surface area contributed by atoms with E-state index in [9.17, 15) is 0 Å². The van der Waals surface area contributed by atoms with Crippen LogP contribution in [0.3, 0.4) is 0 Å². The van der Waals surface area contributed by atoms with Crippen molar-refractivity contribution in [3.8, 4) is 5.75 Å². The lowest BCUT2D eigenvalue weighted by atomic mass is 10.2. The fourth-order valence-corrected chi connectivity index (χ4v) is 1.98. The Balaban J connectivity index is 1.84. The summed E-state index contributed by atoms with van der Waals surface area (Å²) in [5.41, 5.74) is 1.14. The van der Waals surface area contributed by atoms with E-state index in [1.165, 1.54) is 0 Å². The van der Waals surface area contributed by atoms with Crippen LogP contribution >= 0.6 is 0 Å². The van der Waals surface area contributed by atoms with Gasteiger partial charge in [-0.05, 0) is 18.6 Å². The van der Waals surface area contributed by atoms with Crippen molar-refractivity contribution in [2.24, 2.45) is 0 Å². The van der Waals surface area contributed by atoms with E-state index in [4.69, 9.17) is 14.2 Å². The van der Waals surface area contributed by atoms with Crippen molar-refractivity contribution in [3.63, 3.8) is 0 Å². The van der Waals surface area contributed by atoms with E-state index >= 15 is 0 Å². The molecule has 1 aliphatic heterocycles. The molecule has 0 spiro atoms. The van der Waals surface area contributed by atoms with Gasteiger partial charge in [0.25, 0.3) is 0 Å². The van der Waals surface area contributed by atoms with E-state index in [1.54, 1.807) is 7.11 Å². The van der Waals surface area contributed by atoms with Crippen LogP contribution in [0.15, 0.2) is 24.3 Å². The highest BCUT2D eigenvalue weighted by molar-refractivity contribution is 5.49. The van der Waals surface area contributed by atoms with Crippen LogP contribution in [0.25, 0.3) is 0 Å². The molecular formula is C14H21NO3. The third-order valence-electron chi connectivity index (χ3n) is 3.09. The van der Waals surface area contributed by atoms with Crippen molar-refractivity contribution in [2.75, 3.05) is 38.8 Å². The molecule has 0 atom stereocenters. The van der Waals surface area contributed by atoms with Gasteiger partial charge in [0, 0.05) is 31.8 Å². The predicted molar refractivity (Wildman–Crippen MR) is 71.2 cm³/mol. The summed E-state index contributed by atoms with van der Waals surface area (Å²) in [6.45, 7) is 2.53. The molecule has 0 unspecified atom stereocenters. The van der Waals surface area contributed by atoms with Gasteiger partial charge in [0.05, 0.1) is 20.3 Å². The highest BCUT2D eigenvalue weighted by Gasteiger charge is 2.14. The number of rotatable bonds is 5. The molecule has 4 nitrogen and oxygen atoms in total. The number of nitrogens with zero attached hydrogens (tertiary/aromatic N) is 1. The fraction of sp³-hybridized carbons (Fsp3) is 0.571. The first-order valence-corrected chi connectivity index (χ1v) is 6.38. The Bertz CT molecular complexity index is 364. The quantitative estimate of drug-likeness (QED) is 0.803. The Morgan fingerprint density at radius 2 is 2.11 bits per heavy atom. The molecule has 0 bridgehead atoms. The molecule has 1 fully saturated rings. The first-order chi connectivity index (χ1) is 8.79. The Hall–Kier alpha value is -1.26. The Labute approximate surface area is 108 Å². The van der Waals surface area contributed by atoms with E-state index in [0.29, 0.717) is 0 Å². The molecular weight excluding hydrogens is 230 g/mol. The zero-order chi connectivity index (χ0) is 12.8. The highest BCUT2D eigenvalue weighted by atomic mass is 16.7. The van der Waals surface area contributed by atoms with Crippen LogP contribution in [-0.2, 0) is 9.47 Å². The van der Waals surface area contributed by atoms with Crippen LogP contribution in [0.1, 0.15) is 12.8 Å². The van der Waals surface area contributed by atoms with Crippen molar-refractivity contribution in [1.29, 1.82) is 0 Å². The summed E-state index contributed by atoms with van der Waals surface area (Å²) in [5, 5.41) is 0. The molecule has 1 heterocycles. The molecule has 0 aromatic heterocycles. The van der Waals surface area contributed by atoms with E-state index in [0.717, 1.165) is 44.0 Å². The lowest BCUT2D eigenvalue weighted by Gasteiger charge is -2.26. The van der Waals surface area contributed by atoms with E-state index in [2.05, 4.69) is 18.0 Å². The molecule has 18 heavy (non-hydrogen) atoms. The van der Waals surface area contributed by atoms with Crippen LogP contribution in [0.5, 0.6) is 5.75 Å². The van der Waals surface area contributed by atoms with Gasteiger partial charge < -0.3 is 19.1 Å². The minimum atomic E-state index is -0.0493. The second-order valence-corrected chi connectivity index (χ2v) is 4.44. The minimum absolute atomic E-state index is 0.0493. The lowest BCUT2D eigenvalue weighted by molar-refractivity contribution is -0.179. The molecule has 0 radical (unpaired) electrons. The smallest absolute Gasteiger partial charge is 0.159 e. The zero-order valence-corrected chi connectivity index (χ0v) is 11.1. The average molecular weight is 251 g/mol. The molecule has 1 aromatic rings. The predicted octanol–water partition coefficient (Wildman–Crippen LogP) is 2.28. The van der Waals surface area contributed by atoms with Gasteiger partial charge in [-0.3, -0.25) is 0 Å².